The number of piperidine rings is 1. The van der Waals surface area contributed by atoms with Crippen LogP contribution in [0.15, 0.2) is 30.5 Å². The molecule has 234 valence electrons. The Kier molecular flexibility index (Phi) is 11.4. The third kappa shape index (κ3) is 8.03. The van der Waals surface area contributed by atoms with Gasteiger partial charge in [0.1, 0.15) is 30.0 Å². The lowest BCUT2D eigenvalue weighted by atomic mass is 9.93. The van der Waals surface area contributed by atoms with Gasteiger partial charge in [0.05, 0.1) is 0 Å². The molecule has 5 atom stereocenters. The number of benzene rings is 1. The Hall–Kier alpha value is -3.69. The minimum absolute atomic E-state index is 0.165. The molecule has 2 fully saturated rings. The molecule has 2 saturated heterocycles. The topological polar surface area (TPSA) is 140 Å². The minimum atomic E-state index is -0.954. The number of H-pyrrole nitrogens is 1. The number of rotatable bonds is 11. The Labute approximate surface area is 254 Å². The molecule has 1 aromatic carbocycles. The van der Waals surface area contributed by atoms with Crippen molar-refractivity contribution in [3.8, 4) is 0 Å². The van der Waals surface area contributed by atoms with Gasteiger partial charge in [-0.2, -0.15) is 0 Å². The van der Waals surface area contributed by atoms with Gasteiger partial charge in [0.15, 0.2) is 0 Å². The first-order valence-electron chi connectivity index (χ1n) is 16.0. The fraction of sp³-hybridized carbons (Fsp3) is 0.606. The normalized spacial score (nSPS) is 24.3. The van der Waals surface area contributed by atoms with E-state index in [0.29, 0.717) is 45.1 Å². The van der Waals surface area contributed by atoms with Crippen molar-refractivity contribution in [2.24, 2.45) is 5.92 Å². The van der Waals surface area contributed by atoms with E-state index in [1.54, 1.807) is 4.90 Å². The lowest BCUT2D eigenvalue weighted by Gasteiger charge is -2.39. The zero-order valence-corrected chi connectivity index (χ0v) is 25.7. The Morgan fingerprint density at radius 2 is 1.67 bits per heavy atom. The monoisotopic (exact) mass is 593 g/mol. The van der Waals surface area contributed by atoms with Gasteiger partial charge in [0.25, 0.3) is 0 Å². The van der Waals surface area contributed by atoms with E-state index in [0.717, 1.165) is 42.1 Å². The van der Waals surface area contributed by atoms with E-state index < -0.39 is 36.0 Å². The molecular weight excluding hydrogens is 546 g/mol. The maximum absolute atomic E-state index is 14.0. The number of nitrogens with one attached hydrogen (secondary N) is 4. The van der Waals surface area contributed by atoms with E-state index >= 15 is 0 Å². The van der Waals surface area contributed by atoms with Crippen LogP contribution in [-0.4, -0.2) is 70.0 Å². The molecule has 43 heavy (non-hydrogen) atoms. The number of hydrogen-bond acceptors (Lipinski definition) is 5. The summed E-state index contributed by atoms with van der Waals surface area (Å²) < 4.78 is 0. The van der Waals surface area contributed by atoms with Gasteiger partial charge < -0.3 is 25.8 Å². The number of aromatic nitrogens is 1. The molecule has 4 amide bonds. The van der Waals surface area contributed by atoms with Crippen molar-refractivity contribution in [1.82, 2.24) is 25.8 Å². The van der Waals surface area contributed by atoms with Crippen LogP contribution < -0.4 is 16.0 Å². The highest BCUT2D eigenvalue weighted by molar-refractivity contribution is 5.98. The lowest BCUT2D eigenvalue weighted by Crippen LogP contribution is -2.64. The minimum Gasteiger partial charge on any atom is -0.361 e. The Morgan fingerprint density at radius 3 is 2.44 bits per heavy atom. The molecule has 0 aliphatic carbocycles. The van der Waals surface area contributed by atoms with Crippen LogP contribution >= 0.6 is 0 Å². The molecule has 0 bridgehead atoms. The van der Waals surface area contributed by atoms with Crippen molar-refractivity contribution >= 4 is 40.3 Å². The number of nitrogens with zero attached hydrogens (tertiary/aromatic N) is 1. The number of para-hydroxylation sites is 1. The number of aromatic amines is 1. The van der Waals surface area contributed by atoms with E-state index in [9.17, 15) is 24.0 Å². The van der Waals surface area contributed by atoms with Crippen molar-refractivity contribution in [2.75, 3.05) is 6.54 Å². The predicted molar refractivity (Wildman–Crippen MR) is 165 cm³/mol. The van der Waals surface area contributed by atoms with Crippen molar-refractivity contribution in [3.05, 3.63) is 36.0 Å². The summed E-state index contributed by atoms with van der Waals surface area (Å²) >= 11 is 0. The summed E-state index contributed by atoms with van der Waals surface area (Å²) in [6.45, 7) is 6.17. The summed E-state index contributed by atoms with van der Waals surface area (Å²) in [5.41, 5.74) is 1.79. The molecule has 3 heterocycles. The third-order valence-electron chi connectivity index (χ3n) is 9.07. The first kappa shape index (κ1) is 32.2. The highest BCUT2D eigenvalue weighted by Gasteiger charge is 2.40. The highest BCUT2D eigenvalue weighted by Crippen LogP contribution is 2.23. The van der Waals surface area contributed by atoms with Gasteiger partial charge in [-0.05, 0) is 49.7 Å². The fourth-order valence-corrected chi connectivity index (χ4v) is 6.15. The Bertz CT molecular complexity index is 1310. The second-order valence-corrected chi connectivity index (χ2v) is 12.1. The molecule has 1 aromatic heterocycles. The Morgan fingerprint density at radius 1 is 0.930 bits per heavy atom. The number of amides is 4. The summed E-state index contributed by atoms with van der Waals surface area (Å²) in [7, 11) is 0. The summed E-state index contributed by atoms with van der Waals surface area (Å²) in [4.78, 5) is 71.9. The molecule has 0 radical (unpaired) electrons. The van der Waals surface area contributed by atoms with Gasteiger partial charge in [0, 0.05) is 42.9 Å². The number of ketones is 1. The Balaban J connectivity index is 1.63. The SMILES string of the molecule is CCC(=O)CCCCC[C@H]1NC(=O)[C@H]2CCCCN2C(=O)[C@H](C(C)CC)NC(=O)[C@H](Cc2c[nH]c3ccccc23)NC1=O. The number of carbonyl (C=O) groups is 5. The average Bonchev–Trinajstić information content (AvgIpc) is 3.43. The van der Waals surface area contributed by atoms with Crippen molar-refractivity contribution < 1.29 is 24.0 Å². The van der Waals surface area contributed by atoms with Gasteiger partial charge in [-0.3, -0.25) is 24.0 Å². The maximum Gasteiger partial charge on any atom is 0.246 e. The van der Waals surface area contributed by atoms with Crippen molar-refractivity contribution in [2.45, 2.75) is 116 Å². The standard InChI is InChI=1S/C33H47N5O5/c1-4-21(3)29-33(43)38-18-12-11-17-28(38)32(42)35-26(16-8-6-7-13-23(39)5-2)30(40)36-27(31(41)37-29)19-22-20-34-25-15-10-9-14-24(22)25/h9-10,14-15,20-21,26-29,34H,4-8,11-13,16-19H2,1-3H3,(H,35,42)(H,36,40)(H,37,41)/t21?,26-,27+,28-,29+/m1/s1. The van der Waals surface area contributed by atoms with Gasteiger partial charge in [-0.15, -0.1) is 0 Å². The summed E-state index contributed by atoms with van der Waals surface area (Å²) in [5, 5.41) is 9.82. The average molecular weight is 594 g/mol. The third-order valence-corrected chi connectivity index (χ3v) is 9.07. The molecule has 0 spiro atoms. The summed E-state index contributed by atoms with van der Waals surface area (Å²) in [5.74, 6) is -1.39. The van der Waals surface area contributed by atoms with E-state index in [1.165, 1.54) is 0 Å². The second kappa shape index (κ2) is 15.2. The van der Waals surface area contributed by atoms with E-state index in [1.807, 2.05) is 51.2 Å². The summed E-state index contributed by atoms with van der Waals surface area (Å²) in [6, 6.07) is 4.44. The van der Waals surface area contributed by atoms with Crippen LogP contribution in [-0.2, 0) is 30.4 Å². The molecule has 0 saturated carbocycles. The smallest absolute Gasteiger partial charge is 0.246 e. The first-order valence-corrected chi connectivity index (χ1v) is 16.0. The zero-order valence-electron chi connectivity index (χ0n) is 25.7. The zero-order chi connectivity index (χ0) is 30.9. The van der Waals surface area contributed by atoms with Crippen LogP contribution in [0.2, 0.25) is 0 Å². The van der Waals surface area contributed by atoms with E-state index in [4.69, 9.17) is 0 Å². The molecule has 10 nitrogen and oxygen atoms in total. The van der Waals surface area contributed by atoms with Crippen LogP contribution in [0, 0.1) is 5.92 Å². The van der Waals surface area contributed by atoms with Gasteiger partial charge in [-0.1, -0.05) is 58.2 Å². The number of Topliss-reactive ketones (excluding diaryl/α,β-unsaturated/α-hetero) is 1. The molecule has 10 heteroatoms. The van der Waals surface area contributed by atoms with E-state index in [-0.39, 0.29) is 29.9 Å². The predicted octanol–water partition coefficient (Wildman–Crippen LogP) is 3.54. The van der Waals surface area contributed by atoms with Gasteiger partial charge in [-0.25, -0.2) is 0 Å². The number of carbonyl (C=O) groups excluding carboxylic acids is 5. The number of hydrogen-bond donors (Lipinski definition) is 4. The molecule has 2 aliphatic rings. The first-order chi connectivity index (χ1) is 20.7. The molecule has 1 unspecified atom stereocenters. The quantitative estimate of drug-likeness (QED) is 0.295. The number of unbranched alkanes of at least 4 members (excludes halogenated alkanes) is 2. The van der Waals surface area contributed by atoms with Gasteiger partial charge in [0.2, 0.25) is 23.6 Å². The molecule has 4 rings (SSSR count). The van der Waals surface area contributed by atoms with Crippen molar-refractivity contribution in [3.63, 3.8) is 0 Å². The molecule has 2 aliphatic heterocycles. The van der Waals surface area contributed by atoms with Crippen LogP contribution in [0.25, 0.3) is 10.9 Å². The van der Waals surface area contributed by atoms with Crippen LogP contribution in [0.1, 0.15) is 90.5 Å². The van der Waals surface area contributed by atoms with Crippen LogP contribution in [0.5, 0.6) is 0 Å². The fourth-order valence-electron chi connectivity index (χ4n) is 6.15. The summed E-state index contributed by atoms with van der Waals surface area (Å²) in [6.07, 6.45) is 8.30. The van der Waals surface area contributed by atoms with Crippen LogP contribution in [0.4, 0.5) is 0 Å². The lowest BCUT2D eigenvalue weighted by molar-refractivity contribution is -0.147. The second-order valence-electron chi connectivity index (χ2n) is 12.1. The van der Waals surface area contributed by atoms with Crippen molar-refractivity contribution in [1.29, 1.82) is 0 Å². The number of fused-ring (bicyclic) bond motifs is 2. The molecule has 4 N–H and O–H groups in total. The van der Waals surface area contributed by atoms with E-state index in [2.05, 4.69) is 20.9 Å². The van der Waals surface area contributed by atoms with Crippen LogP contribution in [0.3, 0.4) is 0 Å². The van der Waals surface area contributed by atoms with Gasteiger partial charge >= 0.3 is 0 Å². The molecular formula is C33H47N5O5. The molecule has 2 aromatic rings. The highest BCUT2D eigenvalue weighted by atomic mass is 16.2. The maximum atomic E-state index is 14.0. The largest absolute Gasteiger partial charge is 0.361 e.